The van der Waals surface area contributed by atoms with Gasteiger partial charge in [-0.25, -0.2) is 8.42 Å². The van der Waals surface area contributed by atoms with Crippen LogP contribution < -0.4 is 5.73 Å². The van der Waals surface area contributed by atoms with E-state index < -0.39 is 9.84 Å². The molecule has 3 aromatic rings. The minimum Gasteiger partial charge on any atom is -0.369 e. The molecule has 1 aromatic heterocycles. The highest BCUT2D eigenvalue weighted by Gasteiger charge is 2.27. The van der Waals surface area contributed by atoms with E-state index in [0.29, 0.717) is 36.8 Å². The molecule has 2 aromatic carbocycles. The molecule has 32 heavy (non-hydrogen) atoms. The van der Waals surface area contributed by atoms with E-state index in [1.807, 2.05) is 43.3 Å². The molecule has 0 atom stereocenters. The fourth-order valence-corrected chi connectivity index (χ4v) is 5.81. The van der Waals surface area contributed by atoms with E-state index >= 15 is 0 Å². The van der Waals surface area contributed by atoms with Gasteiger partial charge < -0.3 is 15.2 Å². The molecule has 0 spiro atoms. The summed E-state index contributed by atoms with van der Waals surface area (Å²) in [5.74, 6) is -0.714. The lowest BCUT2D eigenvalue weighted by Crippen LogP contribution is -2.42. The summed E-state index contributed by atoms with van der Waals surface area (Å²) >= 11 is 0. The number of para-hydroxylation sites is 1. The summed E-state index contributed by atoms with van der Waals surface area (Å²) in [6.07, 6.45) is 2.69. The van der Waals surface area contributed by atoms with Gasteiger partial charge in [0.05, 0.1) is 10.6 Å². The van der Waals surface area contributed by atoms with Crippen LogP contribution in [0.15, 0.2) is 59.6 Å². The number of carbonyl (C=O) groups excluding carboxylic acids is 2. The zero-order valence-electron chi connectivity index (χ0n) is 18.0. The van der Waals surface area contributed by atoms with Crippen LogP contribution in [0.25, 0.3) is 10.9 Å². The van der Waals surface area contributed by atoms with Crippen molar-refractivity contribution in [2.75, 3.05) is 13.1 Å². The van der Waals surface area contributed by atoms with Crippen LogP contribution >= 0.6 is 0 Å². The lowest BCUT2D eigenvalue weighted by atomic mass is 9.96. The lowest BCUT2D eigenvalue weighted by molar-refractivity contribution is -0.135. The molecule has 0 radical (unpaired) electrons. The number of nitrogens with zero attached hydrogens (tertiary/aromatic N) is 2. The number of sulfone groups is 1. The average Bonchev–Trinajstić information content (AvgIpc) is 3.15. The minimum atomic E-state index is -3.61. The molecular formula is C24H27N3O4S. The quantitative estimate of drug-likeness (QED) is 0.620. The second-order valence-corrected chi connectivity index (χ2v) is 10.4. The third kappa shape index (κ3) is 4.55. The topological polar surface area (TPSA) is 102 Å². The van der Waals surface area contributed by atoms with E-state index in [2.05, 4.69) is 0 Å². The van der Waals surface area contributed by atoms with Crippen LogP contribution in [0.1, 0.15) is 24.0 Å². The number of hydrogen-bond acceptors (Lipinski definition) is 4. The summed E-state index contributed by atoms with van der Waals surface area (Å²) in [6.45, 7) is 2.95. The van der Waals surface area contributed by atoms with Gasteiger partial charge in [0.1, 0.15) is 6.54 Å². The number of rotatable bonds is 6. The summed E-state index contributed by atoms with van der Waals surface area (Å²) in [7, 11) is -3.61. The van der Waals surface area contributed by atoms with Gasteiger partial charge in [-0.2, -0.15) is 0 Å². The van der Waals surface area contributed by atoms with E-state index in [4.69, 9.17) is 5.73 Å². The molecule has 0 saturated carbocycles. The molecule has 168 valence electrons. The molecule has 8 heteroatoms. The summed E-state index contributed by atoms with van der Waals surface area (Å²) in [5, 5.41) is 0.611. The van der Waals surface area contributed by atoms with Gasteiger partial charge in [0.2, 0.25) is 11.8 Å². The van der Waals surface area contributed by atoms with Crippen molar-refractivity contribution in [1.29, 1.82) is 0 Å². The third-order valence-electron chi connectivity index (χ3n) is 6.12. The Morgan fingerprint density at radius 2 is 1.69 bits per heavy atom. The van der Waals surface area contributed by atoms with Gasteiger partial charge in [0.15, 0.2) is 9.84 Å². The van der Waals surface area contributed by atoms with Gasteiger partial charge in [0.25, 0.3) is 0 Å². The largest absolute Gasteiger partial charge is 0.369 e. The van der Waals surface area contributed by atoms with Crippen molar-refractivity contribution in [3.05, 3.63) is 65.9 Å². The fourth-order valence-electron chi connectivity index (χ4n) is 4.23. The van der Waals surface area contributed by atoms with Crippen LogP contribution in [0.3, 0.4) is 0 Å². The van der Waals surface area contributed by atoms with Gasteiger partial charge in [-0.1, -0.05) is 48.0 Å². The fraction of sp³-hybridized carbons (Fsp3) is 0.333. The Hall–Kier alpha value is -3.13. The highest BCUT2D eigenvalue weighted by Crippen LogP contribution is 2.28. The highest BCUT2D eigenvalue weighted by molar-refractivity contribution is 7.90. The van der Waals surface area contributed by atoms with Gasteiger partial charge >= 0.3 is 0 Å². The second-order valence-electron chi connectivity index (χ2n) is 8.44. The van der Waals surface area contributed by atoms with Crippen LogP contribution in [-0.2, 0) is 31.7 Å². The van der Waals surface area contributed by atoms with Crippen molar-refractivity contribution < 1.29 is 18.0 Å². The summed E-state index contributed by atoms with van der Waals surface area (Å²) < 4.78 is 28.2. The monoisotopic (exact) mass is 453 g/mol. The SMILES string of the molecule is Cc1ccc(CS(=O)(=O)c2cn(CC(=O)N3CCC(C(N)=O)CC3)c3ccccc23)cc1. The Balaban J connectivity index is 1.58. The van der Waals surface area contributed by atoms with Crippen molar-refractivity contribution in [2.45, 2.75) is 37.0 Å². The predicted molar refractivity (Wildman–Crippen MR) is 123 cm³/mol. The van der Waals surface area contributed by atoms with Gasteiger partial charge in [-0.3, -0.25) is 9.59 Å². The molecule has 7 nitrogen and oxygen atoms in total. The second kappa shape index (κ2) is 8.78. The minimum absolute atomic E-state index is 0.0435. The first-order chi connectivity index (χ1) is 15.2. The molecule has 1 aliphatic heterocycles. The Morgan fingerprint density at radius 1 is 1.03 bits per heavy atom. The van der Waals surface area contributed by atoms with Crippen LogP contribution in [-0.4, -0.2) is 42.8 Å². The number of nitrogens with two attached hydrogens (primary N) is 1. The molecule has 0 aliphatic carbocycles. The van der Waals surface area contributed by atoms with E-state index in [1.165, 1.54) is 0 Å². The normalized spacial score (nSPS) is 15.2. The molecule has 4 rings (SSSR count). The molecule has 1 fully saturated rings. The number of fused-ring (bicyclic) bond motifs is 1. The highest BCUT2D eigenvalue weighted by atomic mass is 32.2. The standard InChI is InChI=1S/C24H27N3O4S/c1-17-6-8-18(9-7-17)16-32(30,31)22-14-27(21-5-3-2-4-20(21)22)15-23(28)26-12-10-19(11-13-26)24(25)29/h2-9,14,19H,10-13,15-16H2,1H3,(H2,25,29). The van der Waals surface area contributed by atoms with Crippen LogP contribution in [0.5, 0.6) is 0 Å². The molecule has 0 bridgehead atoms. The van der Waals surface area contributed by atoms with Crippen molar-refractivity contribution in [2.24, 2.45) is 11.7 Å². The predicted octanol–water partition coefficient (Wildman–Crippen LogP) is 2.65. The maximum Gasteiger partial charge on any atom is 0.242 e. The molecular weight excluding hydrogens is 426 g/mol. The Morgan fingerprint density at radius 3 is 2.34 bits per heavy atom. The zero-order chi connectivity index (χ0) is 22.9. The smallest absolute Gasteiger partial charge is 0.242 e. The molecule has 2 heterocycles. The molecule has 2 amide bonds. The summed E-state index contributed by atoms with van der Waals surface area (Å²) in [6, 6.07) is 14.7. The number of piperidine rings is 1. The summed E-state index contributed by atoms with van der Waals surface area (Å²) in [4.78, 5) is 26.2. The maximum absolute atomic E-state index is 13.2. The Labute approximate surface area is 187 Å². The average molecular weight is 454 g/mol. The lowest BCUT2D eigenvalue weighted by Gasteiger charge is -2.30. The number of carbonyl (C=O) groups is 2. The number of aromatic nitrogens is 1. The molecule has 0 unspecified atom stereocenters. The van der Waals surface area contributed by atoms with E-state index in [1.54, 1.807) is 27.8 Å². The molecule has 1 saturated heterocycles. The maximum atomic E-state index is 13.2. The number of likely N-dealkylation sites (tertiary alicyclic amines) is 1. The van der Waals surface area contributed by atoms with Crippen molar-refractivity contribution in [3.63, 3.8) is 0 Å². The van der Waals surface area contributed by atoms with Crippen molar-refractivity contribution in [1.82, 2.24) is 9.47 Å². The zero-order valence-corrected chi connectivity index (χ0v) is 18.8. The third-order valence-corrected chi connectivity index (χ3v) is 7.83. The molecule has 2 N–H and O–H groups in total. The first kappa shape index (κ1) is 22.1. The van der Waals surface area contributed by atoms with Gasteiger partial charge in [-0.15, -0.1) is 0 Å². The van der Waals surface area contributed by atoms with E-state index in [9.17, 15) is 18.0 Å². The number of aryl methyl sites for hydroxylation is 1. The van der Waals surface area contributed by atoms with Crippen molar-refractivity contribution in [3.8, 4) is 0 Å². The Kier molecular flexibility index (Phi) is 6.06. The summed E-state index contributed by atoms with van der Waals surface area (Å²) in [5.41, 5.74) is 7.87. The number of amides is 2. The van der Waals surface area contributed by atoms with Crippen LogP contribution in [0.2, 0.25) is 0 Å². The van der Waals surface area contributed by atoms with E-state index in [0.717, 1.165) is 11.1 Å². The molecule has 1 aliphatic rings. The van der Waals surface area contributed by atoms with Gasteiger partial charge in [0, 0.05) is 36.1 Å². The number of benzene rings is 2. The number of hydrogen-bond donors (Lipinski definition) is 1. The van der Waals surface area contributed by atoms with Crippen LogP contribution in [0.4, 0.5) is 0 Å². The van der Waals surface area contributed by atoms with Crippen molar-refractivity contribution >= 4 is 32.6 Å². The van der Waals surface area contributed by atoms with E-state index in [-0.39, 0.29) is 34.9 Å². The Bertz CT molecular complexity index is 1250. The first-order valence-electron chi connectivity index (χ1n) is 10.7. The van der Waals surface area contributed by atoms with Crippen LogP contribution in [0, 0.1) is 12.8 Å². The number of primary amides is 1. The van der Waals surface area contributed by atoms with Gasteiger partial charge in [-0.05, 0) is 31.4 Å². The first-order valence-corrected chi connectivity index (χ1v) is 12.3.